The van der Waals surface area contributed by atoms with Crippen molar-refractivity contribution in [2.45, 2.75) is 66.2 Å². The van der Waals surface area contributed by atoms with Crippen molar-refractivity contribution in [3.63, 3.8) is 0 Å². The molecule has 1 rings (SSSR count). The van der Waals surface area contributed by atoms with E-state index in [2.05, 4.69) is 46.9 Å². The Bertz CT molecular complexity index is 201. The summed E-state index contributed by atoms with van der Waals surface area (Å²) in [5, 5.41) is 3.52. The highest BCUT2D eigenvalue weighted by atomic mass is 16.5. The minimum Gasteiger partial charge on any atom is -0.374 e. The first-order valence-corrected chi connectivity index (χ1v) is 6.28. The number of hydrogen-bond donors (Lipinski definition) is 1. The van der Waals surface area contributed by atoms with Gasteiger partial charge in [-0.2, -0.15) is 0 Å². The molecule has 0 aliphatic heterocycles. The van der Waals surface area contributed by atoms with E-state index in [0.29, 0.717) is 29.6 Å². The molecule has 1 fully saturated rings. The third kappa shape index (κ3) is 2.73. The maximum atomic E-state index is 6.10. The van der Waals surface area contributed by atoms with Gasteiger partial charge in [0.15, 0.2) is 0 Å². The van der Waals surface area contributed by atoms with Crippen LogP contribution in [0.5, 0.6) is 0 Å². The van der Waals surface area contributed by atoms with Gasteiger partial charge in [0.05, 0.1) is 12.2 Å². The van der Waals surface area contributed by atoms with E-state index < -0.39 is 0 Å². The Morgan fingerprint density at radius 3 is 2.33 bits per heavy atom. The molecule has 1 saturated carbocycles. The van der Waals surface area contributed by atoms with Crippen LogP contribution >= 0.6 is 0 Å². The fourth-order valence-corrected chi connectivity index (χ4v) is 2.13. The lowest BCUT2D eigenvalue weighted by molar-refractivity contribution is -0.152. The van der Waals surface area contributed by atoms with E-state index in [-0.39, 0.29) is 0 Å². The molecule has 1 N–H and O–H groups in total. The van der Waals surface area contributed by atoms with Crippen LogP contribution in [0, 0.1) is 11.3 Å². The number of hydrogen-bond acceptors (Lipinski definition) is 2. The molecule has 2 heteroatoms. The van der Waals surface area contributed by atoms with Gasteiger partial charge in [0.25, 0.3) is 0 Å². The predicted octanol–water partition coefficient (Wildman–Crippen LogP) is 2.82. The summed E-state index contributed by atoms with van der Waals surface area (Å²) in [6, 6.07) is 0.631. The largest absolute Gasteiger partial charge is 0.374 e. The van der Waals surface area contributed by atoms with Gasteiger partial charge in [-0.1, -0.05) is 34.6 Å². The summed E-state index contributed by atoms with van der Waals surface area (Å²) < 4.78 is 6.10. The fourth-order valence-electron chi connectivity index (χ4n) is 2.13. The zero-order valence-electron chi connectivity index (χ0n) is 11.1. The van der Waals surface area contributed by atoms with E-state index in [4.69, 9.17) is 4.74 Å². The molecule has 1 aliphatic rings. The van der Waals surface area contributed by atoms with Crippen molar-refractivity contribution in [2.75, 3.05) is 6.54 Å². The Hall–Kier alpha value is -0.0800. The van der Waals surface area contributed by atoms with Crippen LogP contribution in [0.1, 0.15) is 48.0 Å². The first-order chi connectivity index (χ1) is 6.89. The number of nitrogens with one attached hydrogen (secondary N) is 1. The van der Waals surface area contributed by atoms with E-state index in [1.54, 1.807) is 0 Å². The smallest absolute Gasteiger partial charge is 0.0659 e. The summed E-state index contributed by atoms with van der Waals surface area (Å²) >= 11 is 0. The third-order valence-corrected chi connectivity index (χ3v) is 3.95. The lowest BCUT2D eigenvalue weighted by Crippen LogP contribution is -2.61. The summed E-state index contributed by atoms with van der Waals surface area (Å²) in [4.78, 5) is 0. The van der Waals surface area contributed by atoms with Crippen molar-refractivity contribution >= 4 is 0 Å². The van der Waals surface area contributed by atoms with Crippen molar-refractivity contribution in [3.05, 3.63) is 0 Å². The van der Waals surface area contributed by atoms with Crippen molar-refractivity contribution < 1.29 is 4.74 Å². The molecule has 90 valence electrons. The summed E-state index contributed by atoms with van der Waals surface area (Å²) in [6.45, 7) is 14.5. The van der Waals surface area contributed by atoms with E-state index in [0.717, 1.165) is 13.0 Å². The SMILES string of the molecule is CCNC1CC(OC(C)C(C)C)C1(C)C. The van der Waals surface area contributed by atoms with Crippen LogP contribution in [0.25, 0.3) is 0 Å². The van der Waals surface area contributed by atoms with Gasteiger partial charge in [0.1, 0.15) is 0 Å². The van der Waals surface area contributed by atoms with Crippen LogP contribution in [0.15, 0.2) is 0 Å². The Labute approximate surface area is 94.8 Å². The van der Waals surface area contributed by atoms with Gasteiger partial charge in [-0.3, -0.25) is 0 Å². The van der Waals surface area contributed by atoms with Gasteiger partial charge in [-0.05, 0) is 25.8 Å². The fraction of sp³-hybridized carbons (Fsp3) is 1.00. The summed E-state index contributed by atoms with van der Waals surface area (Å²) in [6.07, 6.45) is 1.97. The normalized spacial score (nSPS) is 31.4. The van der Waals surface area contributed by atoms with Crippen molar-refractivity contribution in [1.29, 1.82) is 0 Å². The lowest BCUT2D eigenvalue weighted by atomic mass is 9.64. The third-order valence-electron chi connectivity index (χ3n) is 3.95. The second-order valence-electron chi connectivity index (χ2n) is 5.74. The Morgan fingerprint density at radius 1 is 1.33 bits per heavy atom. The van der Waals surface area contributed by atoms with Gasteiger partial charge in [-0.25, -0.2) is 0 Å². The van der Waals surface area contributed by atoms with E-state index in [1.807, 2.05) is 0 Å². The van der Waals surface area contributed by atoms with Gasteiger partial charge in [0.2, 0.25) is 0 Å². The molecule has 0 aromatic heterocycles. The van der Waals surface area contributed by atoms with Crippen molar-refractivity contribution in [1.82, 2.24) is 5.32 Å². The molecule has 0 amide bonds. The van der Waals surface area contributed by atoms with Crippen LogP contribution in [-0.4, -0.2) is 24.8 Å². The summed E-state index contributed by atoms with van der Waals surface area (Å²) in [5.74, 6) is 0.610. The Balaban J connectivity index is 2.41. The predicted molar refractivity (Wildman–Crippen MR) is 65.0 cm³/mol. The highest BCUT2D eigenvalue weighted by Crippen LogP contribution is 2.43. The summed E-state index contributed by atoms with van der Waals surface area (Å²) in [5.41, 5.74) is 0.291. The van der Waals surface area contributed by atoms with Crippen LogP contribution < -0.4 is 5.32 Å². The standard InChI is InChI=1S/C13H27NO/c1-7-14-11-8-12(13(11,5)6)15-10(4)9(2)3/h9-12,14H,7-8H2,1-6H3. The molecule has 2 nitrogen and oxygen atoms in total. The van der Waals surface area contributed by atoms with Gasteiger partial charge >= 0.3 is 0 Å². The van der Waals surface area contributed by atoms with Crippen molar-refractivity contribution in [3.8, 4) is 0 Å². The molecule has 15 heavy (non-hydrogen) atoms. The Kier molecular flexibility index (Phi) is 4.19. The minimum atomic E-state index is 0.291. The molecule has 0 radical (unpaired) electrons. The molecule has 0 aromatic rings. The molecule has 0 aromatic carbocycles. The number of ether oxygens (including phenoxy) is 1. The van der Waals surface area contributed by atoms with E-state index in [1.165, 1.54) is 0 Å². The topological polar surface area (TPSA) is 21.3 Å². The van der Waals surface area contributed by atoms with Crippen LogP contribution in [0.2, 0.25) is 0 Å². The quantitative estimate of drug-likeness (QED) is 0.758. The minimum absolute atomic E-state index is 0.291. The van der Waals surface area contributed by atoms with Gasteiger partial charge < -0.3 is 10.1 Å². The Morgan fingerprint density at radius 2 is 1.93 bits per heavy atom. The molecule has 1 aliphatic carbocycles. The van der Waals surface area contributed by atoms with Gasteiger partial charge in [0, 0.05) is 11.5 Å². The molecule has 3 atom stereocenters. The van der Waals surface area contributed by atoms with Crippen LogP contribution in [0.4, 0.5) is 0 Å². The summed E-state index contributed by atoms with van der Waals surface area (Å²) in [7, 11) is 0. The molecule has 3 unspecified atom stereocenters. The molecular weight excluding hydrogens is 186 g/mol. The van der Waals surface area contributed by atoms with Crippen LogP contribution in [-0.2, 0) is 4.74 Å². The molecule has 0 saturated heterocycles. The van der Waals surface area contributed by atoms with Crippen molar-refractivity contribution in [2.24, 2.45) is 11.3 Å². The second-order valence-corrected chi connectivity index (χ2v) is 5.74. The average Bonchev–Trinajstić information content (AvgIpc) is 2.16. The molecular formula is C13H27NO. The van der Waals surface area contributed by atoms with E-state index in [9.17, 15) is 0 Å². The lowest BCUT2D eigenvalue weighted by Gasteiger charge is -2.53. The van der Waals surface area contributed by atoms with Crippen LogP contribution in [0.3, 0.4) is 0 Å². The zero-order chi connectivity index (χ0) is 11.6. The second kappa shape index (κ2) is 4.84. The highest BCUT2D eigenvalue weighted by Gasteiger charge is 2.49. The number of rotatable bonds is 5. The zero-order valence-corrected chi connectivity index (χ0v) is 11.1. The first kappa shape index (κ1) is 13.0. The average molecular weight is 213 g/mol. The van der Waals surface area contributed by atoms with Gasteiger partial charge in [-0.15, -0.1) is 0 Å². The molecule has 0 heterocycles. The monoisotopic (exact) mass is 213 g/mol. The first-order valence-electron chi connectivity index (χ1n) is 6.28. The van der Waals surface area contributed by atoms with E-state index >= 15 is 0 Å². The molecule has 0 spiro atoms. The maximum absolute atomic E-state index is 6.10. The maximum Gasteiger partial charge on any atom is 0.0659 e. The molecule has 0 bridgehead atoms. The highest BCUT2D eigenvalue weighted by molar-refractivity contribution is 5.02.